The normalized spacial score (nSPS) is 11.0. The van der Waals surface area contributed by atoms with E-state index in [1.165, 1.54) is 29.0 Å². The number of aromatic nitrogens is 2. The number of fused-ring (bicyclic) bond motifs is 1. The van der Waals surface area contributed by atoms with Gasteiger partial charge in [-0.05, 0) is 42.5 Å². The molecular weight excluding hydrogens is 392 g/mol. The predicted octanol–water partition coefficient (Wildman–Crippen LogP) is 3.42. The number of carbonyl (C=O) groups excluding carboxylic acids is 1. The number of aromatic hydroxyl groups is 2. The van der Waals surface area contributed by atoms with Gasteiger partial charge in [0.05, 0.1) is 29.5 Å². The van der Waals surface area contributed by atoms with E-state index in [1.807, 2.05) is 0 Å². The molecule has 0 fully saturated rings. The third kappa shape index (κ3) is 3.88. The number of phenols is 2. The molecule has 0 amide bonds. The van der Waals surface area contributed by atoms with E-state index in [9.17, 15) is 19.8 Å². The smallest absolute Gasteiger partial charge is 0.262 e. The molecule has 2 aromatic heterocycles. The highest BCUT2D eigenvalue weighted by atomic mass is 32.2. The molecule has 29 heavy (non-hydrogen) atoms. The highest BCUT2D eigenvalue weighted by Gasteiger charge is 2.16. The van der Waals surface area contributed by atoms with Crippen molar-refractivity contribution in [3.05, 3.63) is 82.5 Å². The van der Waals surface area contributed by atoms with Crippen LogP contribution in [0.25, 0.3) is 10.9 Å². The number of benzene rings is 2. The maximum absolute atomic E-state index is 13.0. The zero-order valence-electron chi connectivity index (χ0n) is 15.1. The van der Waals surface area contributed by atoms with Crippen molar-refractivity contribution in [2.45, 2.75) is 11.7 Å². The molecule has 4 rings (SSSR count). The van der Waals surface area contributed by atoms with Crippen molar-refractivity contribution < 1.29 is 19.4 Å². The van der Waals surface area contributed by atoms with Gasteiger partial charge in [-0.2, -0.15) is 0 Å². The zero-order valence-corrected chi connectivity index (χ0v) is 15.9. The van der Waals surface area contributed by atoms with Gasteiger partial charge < -0.3 is 14.6 Å². The summed E-state index contributed by atoms with van der Waals surface area (Å²) < 4.78 is 6.84. The fraction of sp³-hybridized carbons (Fsp3) is 0.0952. The lowest BCUT2D eigenvalue weighted by Crippen LogP contribution is -2.24. The van der Waals surface area contributed by atoms with Crippen LogP contribution in [0, 0.1) is 0 Å². The number of carbonyl (C=O) groups is 1. The van der Waals surface area contributed by atoms with E-state index in [2.05, 4.69) is 4.98 Å². The number of ketones is 1. The van der Waals surface area contributed by atoms with Crippen molar-refractivity contribution in [3.8, 4) is 11.5 Å². The Labute approximate surface area is 169 Å². The van der Waals surface area contributed by atoms with Gasteiger partial charge >= 0.3 is 0 Å². The summed E-state index contributed by atoms with van der Waals surface area (Å²) in [5, 5.41) is 19.9. The van der Waals surface area contributed by atoms with Crippen molar-refractivity contribution in [3.63, 3.8) is 0 Å². The molecular formula is C21H16N2O5S. The van der Waals surface area contributed by atoms with Gasteiger partial charge in [0.15, 0.2) is 22.4 Å². The summed E-state index contributed by atoms with van der Waals surface area (Å²) in [5.41, 5.74) is 0.586. The van der Waals surface area contributed by atoms with Gasteiger partial charge in [0.1, 0.15) is 5.76 Å². The topological polar surface area (TPSA) is 106 Å². The quantitative estimate of drug-likeness (QED) is 0.218. The third-order valence-electron chi connectivity index (χ3n) is 4.35. The number of Topliss-reactive ketones (excluding diaryl/α,β-unsaturated/α-hetero) is 1. The van der Waals surface area contributed by atoms with Crippen molar-refractivity contribution in [2.24, 2.45) is 0 Å². The minimum atomic E-state index is -0.362. The summed E-state index contributed by atoms with van der Waals surface area (Å²) in [6, 6.07) is 14.4. The Morgan fingerprint density at radius 1 is 1.07 bits per heavy atom. The van der Waals surface area contributed by atoms with Gasteiger partial charge in [-0.3, -0.25) is 14.2 Å². The molecule has 0 saturated carbocycles. The van der Waals surface area contributed by atoms with Crippen LogP contribution < -0.4 is 5.56 Å². The van der Waals surface area contributed by atoms with E-state index in [0.717, 1.165) is 11.8 Å². The van der Waals surface area contributed by atoms with Crippen LogP contribution in [-0.2, 0) is 6.54 Å². The van der Waals surface area contributed by atoms with Crippen molar-refractivity contribution in [1.82, 2.24) is 9.55 Å². The van der Waals surface area contributed by atoms with Crippen LogP contribution in [0.1, 0.15) is 16.1 Å². The standard InChI is InChI=1S/C21H16N2O5S/c24-17-8-7-13(10-18(17)25)19(26)12-29-21-22-16-6-2-1-5-15(16)20(27)23(21)11-14-4-3-9-28-14/h1-10,24-25H,11-12H2. The van der Waals surface area contributed by atoms with Crippen LogP contribution >= 0.6 is 11.8 Å². The van der Waals surface area contributed by atoms with E-state index < -0.39 is 0 Å². The summed E-state index contributed by atoms with van der Waals surface area (Å²) >= 11 is 1.13. The molecule has 146 valence electrons. The molecule has 0 aliphatic heterocycles. The number of furan rings is 1. The Bertz CT molecular complexity index is 1250. The predicted molar refractivity (Wildman–Crippen MR) is 109 cm³/mol. The fourth-order valence-electron chi connectivity index (χ4n) is 2.87. The van der Waals surface area contributed by atoms with E-state index >= 15 is 0 Å². The molecule has 4 aromatic rings. The molecule has 2 aromatic carbocycles. The lowest BCUT2D eigenvalue weighted by Gasteiger charge is -2.12. The lowest BCUT2D eigenvalue weighted by molar-refractivity contribution is 0.102. The van der Waals surface area contributed by atoms with Crippen LogP contribution in [-0.4, -0.2) is 31.3 Å². The van der Waals surface area contributed by atoms with Crippen molar-refractivity contribution >= 4 is 28.4 Å². The van der Waals surface area contributed by atoms with Gasteiger partial charge in [-0.1, -0.05) is 23.9 Å². The molecule has 2 N–H and O–H groups in total. The molecule has 0 aliphatic rings. The first-order chi connectivity index (χ1) is 14.0. The minimum absolute atomic E-state index is 0.00709. The first-order valence-electron chi connectivity index (χ1n) is 8.73. The zero-order chi connectivity index (χ0) is 20.4. The molecule has 7 nitrogen and oxygen atoms in total. The van der Waals surface area contributed by atoms with E-state index in [-0.39, 0.29) is 40.7 Å². The molecule has 0 aliphatic carbocycles. The van der Waals surface area contributed by atoms with Crippen LogP contribution in [0.4, 0.5) is 0 Å². The summed E-state index contributed by atoms with van der Waals surface area (Å²) in [4.78, 5) is 30.1. The Morgan fingerprint density at radius 3 is 2.66 bits per heavy atom. The van der Waals surface area contributed by atoms with Crippen LogP contribution in [0.2, 0.25) is 0 Å². The van der Waals surface area contributed by atoms with E-state index in [4.69, 9.17) is 4.42 Å². The van der Waals surface area contributed by atoms with E-state index in [1.54, 1.807) is 36.4 Å². The highest BCUT2D eigenvalue weighted by molar-refractivity contribution is 7.99. The van der Waals surface area contributed by atoms with E-state index in [0.29, 0.717) is 21.8 Å². The second kappa shape index (κ2) is 7.84. The molecule has 0 radical (unpaired) electrons. The molecule has 0 saturated heterocycles. The second-order valence-electron chi connectivity index (χ2n) is 6.30. The van der Waals surface area contributed by atoms with Gasteiger partial charge in [0, 0.05) is 5.56 Å². The van der Waals surface area contributed by atoms with Gasteiger partial charge in [-0.25, -0.2) is 4.98 Å². The molecule has 0 atom stereocenters. The van der Waals surface area contributed by atoms with Crippen LogP contribution in [0.3, 0.4) is 0 Å². The summed E-state index contributed by atoms with van der Waals surface area (Å²) in [6.45, 7) is 0.195. The maximum atomic E-state index is 13.0. The third-order valence-corrected chi connectivity index (χ3v) is 5.33. The average molecular weight is 408 g/mol. The Kier molecular flexibility index (Phi) is 5.09. The summed E-state index contributed by atoms with van der Waals surface area (Å²) in [6.07, 6.45) is 1.53. The number of hydrogen-bond acceptors (Lipinski definition) is 7. The number of para-hydroxylation sites is 1. The van der Waals surface area contributed by atoms with Crippen LogP contribution in [0.15, 0.2) is 75.2 Å². The van der Waals surface area contributed by atoms with Crippen molar-refractivity contribution in [2.75, 3.05) is 5.75 Å². The summed E-state index contributed by atoms with van der Waals surface area (Å²) in [7, 11) is 0. The molecule has 8 heteroatoms. The number of nitrogens with zero attached hydrogens (tertiary/aromatic N) is 2. The van der Waals surface area contributed by atoms with Gasteiger partial charge in [0.2, 0.25) is 0 Å². The first-order valence-corrected chi connectivity index (χ1v) is 9.71. The van der Waals surface area contributed by atoms with Crippen LogP contribution in [0.5, 0.6) is 11.5 Å². The molecule has 0 spiro atoms. The van der Waals surface area contributed by atoms with Gasteiger partial charge in [0.25, 0.3) is 5.56 Å². The number of phenolic OH excluding ortho intramolecular Hbond substituents is 2. The molecule has 0 unspecified atom stereocenters. The Hall–Kier alpha value is -3.52. The number of thioether (sulfide) groups is 1. The SMILES string of the molecule is O=C(CSc1nc2ccccc2c(=O)n1Cc1ccco1)c1ccc(O)c(O)c1. The number of rotatable bonds is 6. The van der Waals surface area contributed by atoms with Crippen molar-refractivity contribution in [1.29, 1.82) is 0 Å². The monoisotopic (exact) mass is 408 g/mol. The largest absolute Gasteiger partial charge is 0.504 e. The summed E-state index contributed by atoms with van der Waals surface area (Å²) in [5.74, 6) is -0.317. The minimum Gasteiger partial charge on any atom is -0.504 e. The Balaban J connectivity index is 1.67. The first kappa shape index (κ1) is 18.8. The Morgan fingerprint density at radius 2 is 1.90 bits per heavy atom. The fourth-order valence-corrected chi connectivity index (χ4v) is 3.76. The average Bonchev–Trinajstić information content (AvgIpc) is 3.24. The highest BCUT2D eigenvalue weighted by Crippen LogP contribution is 2.26. The number of hydrogen-bond donors (Lipinski definition) is 2. The lowest BCUT2D eigenvalue weighted by atomic mass is 10.1. The molecule has 0 bridgehead atoms. The second-order valence-corrected chi connectivity index (χ2v) is 7.24. The molecule has 2 heterocycles. The van der Waals surface area contributed by atoms with Gasteiger partial charge in [-0.15, -0.1) is 0 Å². The maximum Gasteiger partial charge on any atom is 0.262 e.